The number of hydrogen-bond donors (Lipinski definition) is 2. The normalized spacial score (nSPS) is 11.2. The molecule has 1 aromatic heterocycles. The molecule has 162 valence electrons. The summed E-state index contributed by atoms with van der Waals surface area (Å²) >= 11 is 0. The van der Waals surface area contributed by atoms with E-state index < -0.39 is 0 Å². The molecule has 0 spiro atoms. The molecule has 31 heavy (non-hydrogen) atoms. The lowest BCUT2D eigenvalue weighted by molar-refractivity contribution is 0.0526. The first kappa shape index (κ1) is 22.1. The van der Waals surface area contributed by atoms with Gasteiger partial charge in [-0.2, -0.15) is 5.10 Å². The van der Waals surface area contributed by atoms with Crippen molar-refractivity contribution in [3.05, 3.63) is 89.2 Å². The number of aliphatic imine (C=N–C) groups is 1. The zero-order valence-electron chi connectivity index (χ0n) is 18.0. The number of ether oxygens (including phenoxy) is 1. The summed E-state index contributed by atoms with van der Waals surface area (Å²) in [6, 6.07) is 17.6. The van der Waals surface area contributed by atoms with Crippen LogP contribution in [0.1, 0.15) is 40.9 Å². The number of carbonyl (C=O) groups excluding carboxylic acids is 1. The Kier molecular flexibility index (Phi) is 8.22. The molecule has 0 bridgehead atoms. The van der Waals surface area contributed by atoms with Crippen molar-refractivity contribution in [2.24, 2.45) is 4.99 Å². The van der Waals surface area contributed by atoms with Crippen LogP contribution < -0.4 is 10.6 Å². The SMILES string of the molecule is CCNC(=NCc1ccc(C(=O)OCC)cc1)NCc1ccccc1Cn1cccn1. The van der Waals surface area contributed by atoms with Gasteiger partial charge in [0.2, 0.25) is 0 Å². The lowest BCUT2D eigenvalue weighted by Crippen LogP contribution is -2.37. The minimum atomic E-state index is -0.304. The van der Waals surface area contributed by atoms with E-state index in [0.29, 0.717) is 25.3 Å². The van der Waals surface area contributed by atoms with Crippen molar-refractivity contribution in [1.29, 1.82) is 0 Å². The van der Waals surface area contributed by atoms with E-state index in [1.165, 1.54) is 11.1 Å². The van der Waals surface area contributed by atoms with Gasteiger partial charge in [0.05, 0.1) is 25.3 Å². The largest absolute Gasteiger partial charge is 0.462 e. The van der Waals surface area contributed by atoms with Crippen LogP contribution in [0.4, 0.5) is 0 Å². The fourth-order valence-electron chi connectivity index (χ4n) is 3.10. The second-order valence-electron chi connectivity index (χ2n) is 6.94. The monoisotopic (exact) mass is 419 g/mol. The van der Waals surface area contributed by atoms with Gasteiger partial charge in [0.1, 0.15) is 0 Å². The molecule has 0 aliphatic rings. The molecule has 2 aromatic carbocycles. The van der Waals surface area contributed by atoms with Gasteiger partial charge in [-0.05, 0) is 48.7 Å². The third-order valence-corrected chi connectivity index (χ3v) is 4.69. The van der Waals surface area contributed by atoms with Gasteiger partial charge in [-0.3, -0.25) is 4.68 Å². The highest BCUT2D eigenvalue weighted by Gasteiger charge is 2.07. The van der Waals surface area contributed by atoms with Crippen molar-refractivity contribution < 1.29 is 9.53 Å². The van der Waals surface area contributed by atoms with E-state index in [1.54, 1.807) is 25.3 Å². The first-order valence-corrected chi connectivity index (χ1v) is 10.5. The molecule has 7 nitrogen and oxygen atoms in total. The number of aromatic nitrogens is 2. The van der Waals surface area contributed by atoms with Gasteiger partial charge < -0.3 is 15.4 Å². The highest BCUT2D eigenvalue weighted by atomic mass is 16.5. The van der Waals surface area contributed by atoms with Gasteiger partial charge in [-0.25, -0.2) is 9.79 Å². The fraction of sp³-hybridized carbons (Fsp3) is 0.292. The molecule has 0 saturated heterocycles. The van der Waals surface area contributed by atoms with E-state index >= 15 is 0 Å². The predicted molar refractivity (Wildman–Crippen MR) is 122 cm³/mol. The molecular weight excluding hydrogens is 390 g/mol. The molecule has 0 fully saturated rings. The van der Waals surface area contributed by atoms with Crippen LogP contribution in [0.25, 0.3) is 0 Å². The van der Waals surface area contributed by atoms with E-state index in [4.69, 9.17) is 4.74 Å². The standard InChI is InChI=1S/C24H29N5O2/c1-3-25-24(26-16-19-10-12-20(13-11-19)23(30)31-4-2)27-17-21-8-5-6-9-22(21)18-29-15-7-14-28-29/h5-15H,3-4,16-18H2,1-2H3,(H2,25,26,27). The Morgan fingerprint density at radius 3 is 2.48 bits per heavy atom. The van der Waals surface area contributed by atoms with Crippen LogP contribution in [0.5, 0.6) is 0 Å². The molecule has 7 heteroatoms. The summed E-state index contributed by atoms with van der Waals surface area (Å²) in [5.41, 5.74) is 3.98. The Hall–Kier alpha value is -3.61. The minimum absolute atomic E-state index is 0.304. The van der Waals surface area contributed by atoms with Crippen LogP contribution in [-0.4, -0.2) is 34.9 Å². The Balaban J connectivity index is 1.62. The topological polar surface area (TPSA) is 80.5 Å². The van der Waals surface area contributed by atoms with Gasteiger partial charge in [0, 0.05) is 25.5 Å². The van der Waals surface area contributed by atoms with Crippen molar-refractivity contribution in [2.45, 2.75) is 33.5 Å². The molecular formula is C24H29N5O2. The molecule has 0 radical (unpaired) electrons. The summed E-state index contributed by atoms with van der Waals surface area (Å²) in [5.74, 6) is 0.437. The summed E-state index contributed by atoms with van der Waals surface area (Å²) in [6.45, 7) is 6.86. The minimum Gasteiger partial charge on any atom is -0.462 e. The Morgan fingerprint density at radius 2 is 1.81 bits per heavy atom. The van der Waals surface area contributed by atoms with Gasteiger partial charge in [0.15, 0.2) is 5.96 Å². The van der Waals surface area contributed by atoms with Crippen LogP contribution in [0.3, 0.4) is 0 Å². The molecule has 0 atom stereocenters. The number of esters is 1. The van der Waals surface area contributed by atoms with Crippen LogP contribution in [0.15, 0.2) is 72.0 Å². The highest BCUT2D eigenvalue weighted by molar-refractivity contribution is 5.89. The molecule has 3 rings (SSSR count). The van der Waals surface area contributed by atoms with Crippen LogP contribution in [0, 0.1) is 0 Å². The first-order chi connectivity index (χ1) is 15.2. The van der Waals surface area contributed by atoms with Crippen molar-refractivity contribution in [3.8, 4) is 0 Å². The van der Waals surface area contributed by atoms with E-state index in [2.05, 4.69) is 32.9 Å². The quantitative estimate of drug-likeness (QED) is 0.316. The van der Waals surface area contributed by atoms with Crippen molar-refractivity contribution >= 4 is 11.9 Å². The van der Waals surface area contributed by atoms with Crippen LogP contribution >= 0.6 is 0 Å². The van der Waals surface area contributed by atoms with E-state index in [9.17, 15) is 4.79 Å². The van der Waals surface area contributed by atoms with Crippen LogP contribution in [-0.2, 0) is 24.4 Å². The molecule has 2 N–H and O–H groups in total. The van der Waals surface area contributed by atoms with Crippen molar-refractivity contribution in [3.63, 3.8) is 0 Å². The van der Waals surface area contributed by atoms with Crippen LogP contribution in [0.2, 0.25) is 0 Å². The summed E-state index contributed by atoms with van der Waals surface area (Å²) < 4.78 is 6.94. The average molecular weight is 420 g/mol. The number of nitrogens with one attached hydrogen (secondary N) is 2. The molecule has 3 aromatic rings. The molecule has 0 amide bonds. The third-order valence-electron chi connectivity index (χ3n) is 4.69. The van der Waals surface area contributed by atoms with E-state index in [0.717, 1.165) is 24.6 Å². The molecule has 1 heterocycles. The predicted octanol–water partition coefficient (Wildman–Crippen LogP) is 3.36. The van der Waals surface area contributed by atoms with E-state index in [1.807, 2.05) is 48.1 Å². The number of carbonyl (C=O) groups is 1. The maximum Gasteiger partial charge on any atom is 0.338 e. The number of benzene rings is 2. The molecule has 0 unspecified atom stereocenters. The number of rotatable bonds is 9. The smallest absolute Gasteiger partial charge is 0.338 e. The summed E-state index contributed by atoms with van der Waals surface area (Å²) in [4.78, 5) is 16.5. The molecule has 0 aliphatic heterocycles. The highest BCUT2D eigenvalue weighted by Crippen LogP contribution is 2.11. The van der Waals surface area contributed by atoms with Gasteiger partial charge in [-0.15, -0.1) is 0 Å². The maximum atomic E-state index is 11.8. The van der Waals surface area contributed by atoms with Gasteiger partial charge >= 0.3 is 5.97 Å². The zero-order valence-corrected chi connectivity index (χ0v) is 18.0. The number of hydrogen-bond acceptors (Lipinski definition) is 4. The lowest BCUT2D eigenvalue weighted by Gasteiger charge is -2.14. The second kappa shape index (κ2) is 11.5. The Bertz CT molecular complexity index is 981. The Labute approximate surface area is 183 Å². The maximum absolute atomic E-state index is 11.8. The average Bonchev–Trinajstić information content (AvgIpc) is 3.30. The summed E-state index contributed by atoms with van der Waals surface area (Å²) in [5, 5.41) is 11.0. The lowest BCUT2D eigenvalue weighted by atomic mass is 10.1. The van der Waals surface area contributed by atoms with Gasteiger partial charge in [0.25, 0.3) is 0 Å². The van der Waals surface area contributed by atoms with Crippen molar-refractivity contribution in [2.75, 3.05) is 13.2 Å². The Morgan fingerprint density at radius 1 is 1.03 bits per heavy atom. The second-order valence-corrected chi connectivity index (χ2v) is 6.94. The third kappa shape index (κ3) is 6.70. The van der Waals surface area contributed by atoms with Crippen molar-refractivity contribution in [1.82, 2.24) is 20.4 Å². The zero-order chi connectivity index (χ0) is 21.9. The number of guanidine groups is 1. The fourth-order valence-corrected chi connectivity index (χ4v) is 3.10. The number of nitrogens with zero attached hydrogens (tertiary/aromatic N) is 3. The summed E-state index contributed by atoms with van der Waals surface area (Å²) in [6.07, 6.45) is 3.75. The summed E-state index contributed by atoms with van der Waals surface area (Å²) in [7, 11) is 0. The van der Waals surface area contributed by atoms with E-state index in [-0.39, 0.29) is 5.97 Å². The van der Waals surface area contributed by atoms with Gasteiger partial charge in [-0.1, -0.05) is 36.4 Å². The molecule has 0 aliphatic carbocycles. The first-order valence-electron chi connectivity index (χ1n) is 10.5. The molecule has 0 saturated carbocycles.